The molecule has 0 fully saturated rings. The third-order valence-corrected chi connectivity index (χ3v) is 16.4. The number of rotatable bonds is 67. The fraction of sp³-hybridized carbons (Fsp3) is 0.878. The minimum Gasteiger partial charge on any atom is -0.462 e. The van der Waals surface area contributed by atoms with E-state index in [4.69, 9.17) is 14.2 Å². The fourth-order valence-corrected chi connectivity index (χ4v) is 11.0. The molecule has 1 unspecified atom stereocenters. The highest BCUT2D eigenvalue weighted by atomic mass is 16.6. The average Bonchev–Trinajstić information content (AvgIpc) is 3.46. The van der Waals surface area contributed by atoms with E-state index in [0.717, 1.165) is 77.0 Å². The van der Waals surface area contributed by atoms with Crippen LogP contribution >= 0.6 is 0 Å². The van der Waals surface area contributed by atoms with Crippen molar-refractivity contribution in [2.24, 2.45) is 0 Å². The predicted molar refractivity (Wildman–Crippen MR) is 349 cm³/mol. The first-order chi connectivity index (χ1) is 39.5. The van der Waals surface area contributed by atoms with Crippen LogP contribution in [0.15, 0.2) is 36.5 Å². The molecular formula is C74H138O6. The molecule has 6 heteroatoms. The van der Waals surface area contributed by atoms with Crippen LogP contribution in [0.3, 0.4) is 0 Å². The minimum absolute atomic E-state index is 0.0695. The van der Waals surface area contributed by atoms with Gasteiger partial charge >= 0.3 is 17.9 Å². The predicted octanol–water partition coefficient (Wildman–Crippen LogP) is 24.7. The van der Waals surface area contributed by atoms with Crippen LogP contribution in [0.4, 0.5) is 0 Å². The summed E-state index contributed by atoms with van der Waals surface area (Å²) in [6, 6.07) is 0. The Hall–Kier alpha value is -2.37. The molecule has 0 saturated heterocycles. The first kappa shape index (κ1) is 77.6. The van der Waals surface area contributed by atoms with Gasteiger partial charge in [-0.1, -0.05) is 359 Å². The zero-order valence-electron chi connectivity index (χ0n) is 54.1. The Kier molecular flexibility index (Phi) is 67.1. The molecule has 0 bridgehead atoms. The number of ether oxygens (including phenoxy) is 3. The van der Waals surface area contributed by atoms with Crippen molar-refractivity contribution in [3.63, 3.8) is 0 Å². The van der Waals surface area contributed by atoms with Crippen molar-refractivity contribution in [3.8, 4) is 0 Å². The molecule has 0 aromatic heterocycles. The van der Waals surface area contributed by atoms with E-state index < -0.39 is 6.10 Å². The van der Waals surface area contributed by atoms with E-state index in [9.17, 15) is 14.4 Å². The lowest BCUT2D eigenvalue weighted by atomic mass is 10.0. The minimum atomic E-state index is -0.769. The van der Waals surface area contributed by atoms with Crippen molar-refractivity contribution in [1.29, 1.82) is 0 Å². The summed E-state index contributed by atoms with van der Waals surface area (Å²) in [5.74, 6) is -0.864. The molecule has 80 heavy (non-hydrogen) atoms. The van der Waals surface area contributed by atoms with Crippen LogP contribution < -0.4 is 0 Å². The Balaban J connectivity index is 3.91. The normalized spacial score (nSPS) is 12.2. The first-order valence-corrected chi connectivity index (χ1v) is 36.0. The molecular weight excluding hydrogens is 985 g/mol. The van der Waals surface area contributed by atoms with Crippen molar-refractivity contribution in [1.82, 2.24) is 0 Å². The topological polar surface area (TPSA) is 78.9 Å². The number of carbonyl (C=O) groups excluding carboxylic acids is 3. The molecule has 1 atom stereocenters. The maximum absolute atomic E-state index is 12.9. The van der Waals surface area contributed by atoms with E-state index in [1.54, 1.807) is 0 Å². The molecule has 0 aliphatic rings. The van der Waals surface area contributed by atoms with Crippen LogP contribution in [0.5, 0.6) is 0 Å². The molecule has 6 nitrogen and oxygen atoms in total. The van der Waals surface area contributed by atoms with E-state index >= 15 is 0 Å². The Morgan fingerprint density at radius 3 is 0.700 bits per heavy atom. The average molecular weight is 1120 g/mol. The van der Waals surface area contributed by atoms with Gasteiger partial charge in [-0.05, 0) is 57.8 Å². The second-order valence-electron chi connectivity index (χ2n) is 24.5. The first-order valence-electron chi connectivity index (χ1n) is 36.0. The monoisotopic (exact) mass is 1120 g/mol. The van der Waals surface area contributed by atoms with Gasteiger partial charge in [-0.3, -0.25) is 14.4 Å². The number of hydrogen-bond donors (Lipinski definition) is 0. The van der Waals surface area contributed by atoms with Gasteiger partial charge in [-0.25, -0.2) is 0 Å². The van der Waals surface area contributed by atoms with Crippen LogP contribution in [0.1, 0.15) is 400 Å². The Bertz CT molecular complexity index is 1340. The Morgan fingerprint density at radius 2 is 0.450 bits per heavy atom. The molecule has 0 saturated carbocycles. The fourth-order valence-electron chi connectivity index (χ4n) is 11.0. The van der Waals surface area contributed by atoms with Gasteiger partial charge in [0.25, 0.3) is 0 Å². The van der Waals surface area contributed by atoms with Gasteiger partial charge in [0.1, 0.15) is 13.2 Å². The van der Waals surface area contributed by atoms with Crippen LogP contribution in [-0.2, 0) is 28.6 Å². The number of carbonyl (C=O) groups is 3. The largest absolute Gasteiger partial charge is 0.462 e. The van der Waals surface area contributed by atoms with Crippen molar-refractivity contribution in [2.75, 3.05) is 13.2 Å². The molecule has 0 N–H and O–H groups in total. The van der Waals surface area contributed by atoms with E-state index in [1.165, 1.54) is 283 Å². The molecule has 0 aliphatic carbocycles. The zero-order valence-corrected chi connectivity index (χ0v) is 54.1. The van der Waals surface area contributed by atoms with Crippen molar-refractivity contribution in [3.05, 3.63) is 36.5 Å². The summed E-state index contributed by atoms with van der Waals surface area (Å²) < 4.78 is 16.8. The van der Waals surface area contributed by atoms with E-state index in [-0.39, 0.29) is 31.1 Å². The molecule has 0 aromatic rings. The number of hydrogen-bond acceptors (Lipinski definition) is 6. The summed E-state index contributed by atoms with van der Waals surface area (Å²) in [4.78, 5) is 38.0. The van der Waals surface area contributed by atoms with E-state index in [2.05, 4.69) is 57.2 Å². The highest BCUT2D eigenvalue weighted by molar-refractivity contribution is 5.71. The quantitative estimate of drug-likeness (QED) is 0.0261. The molecule has 470 valence electrons. The van der Waals surface area contributed by atoms with Crippen LogP contribution in [-0.4, -0.2) is 37.2 Å². The summed E-state index contributed by atoms with van der Waals surface area (Å²) in [5, 5.41) is 0. The van der Waals surface area contributed by atoms with Crippen LogP contribution in [0.25, 0.3) is 0 Å². The molecule has 0 radical (unpaired) electrons. The maximum atomic E-state index is 12.9. The lowest BCUT2D eigenvalue weighted by Crippen LogP contribution is -2.30. The lowest BCUT2D eigenvalue weighted by molar-refractivity contribution is -0.167. The Labute approximate surface area is 499 Å². The van der Waals surface area contributed by atoms with Crippen LogP contribution in [0.2, 0.25) is 0 Å². The maximum Gasteiger partial charge on any atom is 0.306 e. The van der Waals surface area contributed by atoms with Crippen molar-refractivity contribution in [2.45, 2.75) is 406 Å². The van der Waals surface area contributed by atoms with Crippen molar-refractivity contribution < 1.29 is 28.6 Å². The van der Waals surface area contributed by atoms with E-state index in [1.807, 2.05) is 0 Å². The van der Waals surface area contributed by atoms with Gasteiger partial charge < -0.3 is 14.2 Å². The summed E-state index contributed by atoms with van der Waals surface area (Å²) in [5.41, 5.74) is 0. The van der Waals surface area contributed by atoms with Gasteiger partial charge in [-0.2, -0.15) is 0 Å². The summed E-state index contributed by atoms with van der Waals surface area (Å²) in [6.07, 6.45) is 86.8. The Morgan fingerprint density at radius 1 is 0.250 bits per heavy atom. The molecule has 0 heterocycles. The van der Waals surface area contributed by atoms with Gasteiger partial charge in [0.15, 0.2) is 6.10 Å². The van der Waals surface area contributed by atoms with Gasteiger partial charge in [0.2, 0.25) is 0 Å². The lowest BCUT2D eigenvalue weighted by Gasteiger charge is -2.18. The highest BCUT2D eigenvalue weighted by Crippen LogP contribution is 2.19. The molecule has 0 rings (SSSR count). The summed E-state index contributed by atoms with van der Waals surface area (Å²) in [6.45, 7) is 6.61. The molecule has 0 aromatic carbocycles. The van der Waals surface area contributed by atoms with E-state index in [0.29, 0.717) is 19.3 Å². The zero-order chi connectivity index (χ0) is 57.8. The summed E-state index contributed by atoms with van der Waals surface area (Å²) >= 11 is 0. The third-order valence-electron chi connectivity index (χ3n) is 16.4. The molecule has 0 amide bonds. The third kappa shape index (κ3) is 66.4. The number of unbranched alkanes of at least 4 members (excludes halogenated alkanes) is 50. The second kappa shape index (κ2) is 69.1. The van der Waals surface area contributed by atoms with Crippen LogP contribution in [0, 0.1) is 0 Å². The number of allylic oxidation sites excluding steroid dienone is 6. The SMILES string of the molecule is CCCCCCC/C=C\C/C=C\C/C=C\CCCCCCCCCCCCC(=O)OC(COC(=O)CCCCCCC)COC(=O)CCCCCCCCCCCCCCCCCCCCCCCCCCCCCCCCCC. The smallest absolute Gasteiger partial charge is 0.306 e. The van der Waals surface area contributed by atoms with Gasteiger partial charge in [-0.15, -0.1) is 0 Å². The molecule has 0 spiro atoms. The van der Waals surface area contributed by atoms with Gasteiger partial charge in [0.05, 0.1) is 0 Å². The number of esters is 3. The molecule has 0 aliphatic heterocycles. The standard InChI is InChI=1S/C74H138O6/c1-4-7-10-13-15-17-19-21-23-25-27-29-31-33-34-35-36-37-38-39-41-42-44-46-48-50-52-54-56-58-61-64-67-73(76)79-70-71(69-78-72(75)66-63-60-12-9-6-3)80-74(77)68-65-62-59-57-55-53-51-49-47-45-43-40-32-30-28-26-24-22-20-18-16-14-11-8-5-2/h20,22,26,28,32,40,71H,4-19,21,23-25,27,29-31,33-39,41-70H2,1-3H3/b22-20-,28-26-,40-32-. The summed E-state index contributed by atoms with van der Waals surface area (Å²) in [7, 11) is 0. The second-order valence-corrected chi connectivity index (χ2v) is 24.5. The van der Waals surface area contributed by atoms with Gasteiger partial charge in [0, 0.05) is 19.3 Å². The highest BCUT2D eigenvalue weighted by Gasteiger charge is 2.19. The van der Waals surface area contributed by atoms with Crippen molar-refractivity contribution >= 4 is 17.9 Å².